The fraction of sp³-hybridized carbons (Fsp3) is 0.963. The van der Waals surface area contributed by atoms with Crippen LogP contribution >= 0.6 is 0 Å². The van der Waals surface area contributed by atoms with Gasteiger partial charge in [-0.2, -0.15) is 0 Å². The zero-order chi connectivity index (χ0) is 21.3. The summed E-state index contributed by atoms with van der Waals surface area (Å²) in [6, 6.07) is 0.494. The third-order valence-corrected chi connectivity index (χ3v) is 10.4. The molecule has 172 valence electrons. The van der Waals surface area contributed by atoms with Gasteiger partial charge in [0.15, 0.2) is 0 Å². The number of hydrogen-bond donors (Lipinski definition) is 1. The van der Waals surface area contributed by atoms with Gasteiger partial charge in [0.05, 0.1) is 7.11 Å². The number of ether oxygens (including phenoxy) is 1. The molecule has 0 spiro atoms. The van der Waals surface area contributed by atoms with Crippen molar-refractivity contribution in [1.29, 1.82) is 0 Å². The Morgan fingerprint density at radius 2 is 1.87 bits per heavy atom. The molecule has 0 bridgehead atoms. The molecule has 3 heteroatoms. The van der Waals surface area contributed by atoms with E-state index >= 15 is 0 Å². The van der Waals surface area contributed by atoms with Gasteiger partial charge in [-0.1, -0.05) is 20.3 Å². The van der Waals surface area contributed by atoms with E-state index in [9.17, 15) is 4.79 Å². The number of carbonyl (C=O) groups excluding carboxylic acids is 1. The second-order valence-corrected chi connectivity index (χ2v) is 12.0. The van der Waals surface area contributed by atoms with E-state index in [1.807, 2.05) is 0 Å². The highest BCUT2D eigenvalue weighted by Gasteiger charge is 2.56. The first kappa shape index (κ1) is 22.6. The fourth-order valence-corrected chi connectivity index (χ4v) is 8.63. The van der Waals surface area contributed by atoms with Gasteiger partial charge in [0.25, 0.3) is 0 Å². The number of fused-ring (bicyclic) bond motifs is 5. The first-order valence-corrected chi connectivity index (χ1v) is 13.2. The molecule has 0 amide bonds. The van der Waals surface area contributed by atoms with Crippen LogP contribution in [0.3, 0.4) is 0 Å². The molecule has 0 heterocycles. The summed E-state index contributed by atoms with van der Waals surface area (Å²) in [5, 5.41) is 3.84. The Hall–Kier alpha value is -0.570. The SMILES string of the molecule is COC(=O)CCCC(C)NC[C@H]1CCC2[C@@H]3CC[C@@H]4C[C@@H](C)CC[C@@H]4[C@H]3CC[C@@]21C. The van der Waals surface area contributed by atoms with Gasteiger partial charge in [-0.3, -0.25) is 4.79 Å². The normalized spacial score (nSPS) is 43.9. The van der Waals surface area contributed by atoms with Crippen molar-refractivity contribution in [3.8, 4) is 0 Å². The second kappa shape index (κ2) is 9.51. The van der Waals surface area contributed by atoms with Gasteiger partial charge in [0, 0.05) is 12.5 Å². The van der Waals surface area contributed by atoms with Crippen molar-refractivity contribution in [3.05, 3.63) is 0 Å². The molecular formula is C27H47NO2. The van der Waals surface area contributed by atoms with Crippen molar-refractivity contribution >= 4 is 5.97 Å². The van der Waals surface area contributed by atoms with Crippen LogP contribution in [-0.4, -0.2) is 25.7 Å². The van der Waals surface area contributed by atoms with Crippen LogP contribution in [0, 0.1) is 46.8 Å². The largest absolute Gasteiger partial charge is 0.469 e. The van der Waals surface area contributed by atoms with E-state index in [1.54, 1.807) is 0 Å². The maximum absolute atomic E-state index is 11.3. The Balaban J connectivity index is 1.30. The van der Waals surface area contributed by atoms with E-state index < -0.39 is 0 Å². The Kier molecular flexibility index (Phi) is 7.17. The topological polar surface area (TPSA) is 38.3 Å². The molecule has 9 atom stereocenters. The fourth-order valence-electron chi connectivity index (χ4n) is 8.63. The van der Waals surface area contributed by atoms with E-state index in [4.69, 9.17) is 4.74 Å². The van der Waals surface area contributed by atoms with Crippen LogP contribution in [0.2, 0.25) is 0 Å². The summed E-state index contributed by atoms with van der Waals surface area (Å²) >= 11 is 0. The third-order valence-electron chi connectivity index (χ3n) is 10.4. The van der Waals surface area contributed by atoms with Crippen LogP contribution in [-0.2, 0) is 9.53 Å². The van der Waals surface area contributed by atoms with Gasteiger partial charge in [0.1, 0.15) is 0 Å². The molecule has 0 aromatic rings. The van der Waals surface area contributed by atoms with Crippen molar-refractivity contribution in [3.63, 3.8) is 0 Å². The minimum absolute atomic E-state index is 0.0766. The van der Waals surface area contributed by atoms with E-state index in [0.29, 0.717) is 17.9 Å². The van der Waals surface area contributed by atoms with E-state index in [2.05, 4.69) is 26.1 Å². The van der Waals surface area contributed by atoms with Crippen molar-refractivity contribution in [1.82, 2.24) is 5.32 Å². The van der Waals surface area contributed by atoms with Gasteiger partial charge in [-0.25, -0.2) is 0 Å². The monoisotopic (exact) mass is 417 g/mol. The van der Waals surface area contributed by atoms with Gasteiger partial charge in [0.2, 0.25) is 0 Å². The molecule has 0 aromatic carbocycles. The predicted octanol–water partition coefficient (Wildman–Crippen LogP) is 6.21. The number of esters is 1. The minimum atomic E-state index is -0.0766. The molecule has 4 aliphatic rings. The molecule has 0 radical (unpaired) electrons. The van der Waals surface area contributed by atoms with Gasteiger partial charge >= 0.3 is 5.97 Å². The Bertz CT molecular complexity index is 591. The molecule has 3 nitrogen and oxygen atoms in total. The minimum Gasteiger partial charge on any atom is -0.469 e. The molecule has 4 rings (SSSR count). The molecule has 0 aliphatic heterocycles. The summed E-state index contributed by atoms with van der Waals surface area (Å²) in [5.41, 5.74) is 0.564. The van der Waals surface area contributed by atoms with Crippen LogP contribution in [0.5, 0.6) is 0 Å². The number of hydrogen-bond acceptors (Lipinski definition) is 3. The summed E-state index contributed by atoms with van der Waals surface area (Å²) in [4.78, 5) is 11.3. The average molecular weight is 418 g/mol. The Morgan fingerprint density at radius 1 is 1.07 bits per heavy atom. The van der Waals surface area contributed by atoms with E-state index in [-0.39, 0.29) is 5.97 Å². The maximum atomic E-state index is 11.3. The van der Waals surface area contributed by atoms with E-state index in [1.165, 1.54) is 71.4 Å². The molecule has 4 saturated carbocycles. The summed E-state index contributed by atoms with van der Waals surface area (Å²) in [6.45, 7) is 8.61. The van der Waals surface area contributed by atoms with Crippen LogP contribution in [0.1, 0.15) is 97.8 Å². The highest BCUT2D eigenvalue weighted by Crippen LogP contribution is 2.64. The summed E-state index contributed by atoms with van der Waals surface area (Å²) in [7, 11) is 1.48. The van der Waals surface area contributed by atoms with Crippen molar-refractivity contribution in [2.45, 2.75) is 104 Å². The van der Waals surface area contributed by atoms with Gasteiger partial charge in [-0.15, -0.1) is 0 Å². The predicted molar refractivity (Wildman–Crippen MR) is 123 cm³/mol. The van der Waals surface area contributed by atoms with Crippen molar-refractivity contribution in [2.75, 3.05) is 13.7 Å². The lowest BCUT2D eigenvalue weighted by Gasteiger charge is -2.56. The number of methoxy groups -OCH3 is 1. The van der Waals surface area contributed by atoms with Crippen molar-refractivity contribution in [2.24, 2.45) is 46.8 Å². The average Bonchev–Trinajstić information content (AvgIpc) is 3.08. The van der Waals surface area contributed by atoms with Crippen molar-refractivity contribution < 1.29 is 9.53 Å². The highest BCUT2D eigenvalue weighted by atomic mass is 16.5. The molecule has 0 aromatic heterocycles. The maximum Gasteiger partial charge on any atom is 0.305 e. The first-order chi connectivity index (χ1) is 14.4. The zero-order valence-electron chi connectivity index (χ0n) is 20.1. The molecular weight excluding hydrogens is 370 g/mol. The molecule has 1 N–H and O–H groups in total. The molecule has 30 heavy (non-hydrogen) atoms. The standard InChI is InChI=1S/C27H47NO2/c1-18-8-11-22-20(16-18)9-12-24-23(22)14-15-27(3)21(10-13-25(24)27)17-28-19(2)6-5-7-26(29)30-4/h18-25,28H,5-17H2,1-4H3/t18-,19?,20+,21+,22-,23+,24+,25?,27+/m0/s1. The second-order valence-electron chi connectivity index (χ2n) is 12.0. The van der Waals surface area contributed by atoms with E-state index in [0.717, 1.165) is 54.3 Å². The quantitative estimate of drug-likeness (QED) is 0.500. The lowest BCUT2D eigenvalue weighted by molar-refractivity contribution is -0.140. The number of rotatable bonds is 7. The molecule has 4 aliphatic carbocycles. The lowest BCUT2D eigenvalue weighted by atomic mass is 9.49. The summed E-state index contributed by atoms with van der Waals surface area (Å²) < 4.78 is 4.77. The zero-order valence-corrected chi connectivity index (χ0v) is 20.1. The van der Waals surface area contributed by atoms with Crippen LogP contribution in [0.15, 0.2) is 0 Å². The van der Waals surface area contributed by atoms with Gasteiger partial charge < -0.3 is 10.1 Å². The smallest absolute Gasteiger partial charge is 0.305 e. The molecule has 4 fully saturated rings. The highest BCUT2D eigenvalue weighted by molar-refractivity contribution is 5.68. The first-order valence-electron chi connectivity index (χ1n) is 13.2. The summed E-state index contributed by atoms with van der Waals surface area (Å²) in [6.07, 6.45) is 16.0. The van der Waals surface area contributed by atoms with Gasteiger partial charge in [-0.05, 0) is 125 Å². The number of nitrogens with one attached hydrogen (secondary N) is 1. The Labute approximate surface area is 185 Å². The van der Waals surface area contributed by atoms with Crippen LogP contribution < -0.4 is 5.32 Å². The molecule has 0 saturated heterocycles. The lowest BCUT2D eigenvalue weighted by Crippen LogP contribution is -2.49. The van der Waals surface area contributed by atoms with Crippen LogP contribution in [0.25, 0.3) is 0 Å². The third kappa shape index (κ3) is 4.48. The van der Waals surface area contributed by atoms with Crippen LogP contribution in [0.4, 0.5) is 0 Å². The molecule has 2 unspecified atom stereocenters. The summed E-state index contributed by atoms with van der Waals surface area (Å²) in [5.74, 6) is 6.94. The number of carbonyl (C=O) groups is 1. The Morgan fingerprint density at radius 3 is 2.67 bits per heavy atom.